The fourth-order valence-electron chi connectivity index (χ4n) is 1.68. The predicted octanol–water partition coefficient (Wildman–Crippen LogP) is 3.67. The van der Waals surface area contributed by atoms with Crippen molar-refractivity contribution in [1.29, 1.82) is 0 Å². The molecule has 0 aromatic heterocycles. The van der Waals surface area contributed by atoms with Gasteiger partial charge in [0.05, 0.1) is 5.69 Å². The van der Waals surface area contributed by atoms with Gasteiger partial charge in [0.15, 0.2) is 0 Å². The van der Waals surface area contributed by atoms with E-state index in [0.29, 0.717) is 0 Å². The van der Waals surface area contributed by atoms with Crippen LogP contribution < -0.4 is 4.90 Å². The molecule has 2 rings (SSSR count). The van der Waals surface area contributed by atoms with E-state index in [1.165, 1.54) is 16.5 Å². The third-order valence-corrected chi connectivity index (χ3v) is 2.94. The van der Waals surface area contributed by atoms with Gasteiger partial charge < -0.3 is 4.90 Å². The molecule has 0 amide bonds. The van der Waals surface area contributed by atoms with Gasteiger partial charge in [-0.3, -0.25) is 0 Å². The normalized spacial score (nSPS) is 10.5. The minimum Gasteiger partial charge on any atom is -0.376 e. The molecule has 2 aromatic carbocycles. The molecule has 0 aliphatic carbocycles. The average Bonchev–Trinajstić information content (AvgIpc) is 2.17. The Morgan fingerprint density at radius 1 is 1.00 bits per heavy atom. The fraction of sp³-hybridized carbons (Fsp3) is 0.167. The van der Waals surface area contributed by atoms with Crippen molar-refractivity contribution < 1.29 is 0 Å². The zero-order valence-electron chi connectivity index (χ0n) is 8.29. The monoisotopic (exact) mass is 249 g/mol. The summed E-state index contributed by atoms with van der Waals surface area (Å²) in [5.74, 6) is 0. The molecule has 14 heavy (non-hydrogen) atoms. The molecule has 72 valence electrons. The number of fused-ring (bicyclic) bond motifs is 1. The molecule has 0 fully saturated rings. The van der Waals surface area contributed by atoms with Gasteiger partial charge >= 0.3 is 0 Å². The van der Waals surface area contributed by atoms with E-state index in [1.54, 1.807) is 0 Å². The van der Waals surface area contributed by atoms with Crippen molar-refractivity contribution in [2.45, 2.75) is 0 Å². The molecule has 1 nitrogen and oxygen atoms in total. The molecule has 0 heterocycles. The molecule has 0 bridgehead atoms. The molecule has 0 unspecified atom stereocenters. The van der Waals surface area contributed by atoms with Gasteiger partial charge in [0.1, 0.15) is 0 Å². The van der Waals surface area contributed by atoms with Gasteiger partial charge in [0.25, 0.3) is 0 Å². The number of anilines is 1. The summed E-state index contributed by atoms with van der Waals surface area (Å²) in [6, 6.07) is 12.6. The minimum absolute atomic E-state index is 1.14. The highest BCUT2D eigenvalue weighted by molar-refractivity contribution is 9.10. The van der Waals surface area contributed by atoms with Gasteiger partial charge in [-0.25, -0.2) is 0 Å². The molecule has 0 saturated carbocycles. The Hall–Kier alpha value is -1.02. The molecule has 0 N–H and O–H groups in total. The molecular formula is C12H12BrN. The van der Waals surface area contributed by atoms with E-state index >= 15 is 0 Å². The Morgan fingerprint density at radius 2 is 1.71 bits per heavy atom. The number of rotatable bonds is 1. The van der Waals surface area contributed by atoms with E-state index in [1.807, 2.05) is 0 Å². The van der Waals surface area contributed by atoms with Gasteiger partial charge in [-0.15, -0.1) is 0 Å². The van der Waals surface area contributed by atoms with Crippen LogP contribution in [0, 0.1) is 0 Å². The first-order chi connectivity index (χ1) is 6.70. The van der Waals surface area contributed by atoms with Crippen LogP contribution in [0.5, 0.6) is 0 Å². The third-order valence-electron chi connectivity index (χ3n) is 2.30. The molecular weight excluding hydrogens is 238 g/mol. The van der Waals surface area contributed by atoms with E-state index in [9.17, 15) is 0 Å². The summed E-state index contributed by atoms with van der Waals surface area (Å²) in [6.07, 6.45) is 0. The Morgan fingerprint density at radius 3 is 2.43 bits per heavy atom. The van der Waals surface area contributed by atoms with Crippen LogP contribution in [-0.4, -0.2) is 14.1 Å². The van der Waals surface area contributed by atoms with E-state index < -0.39 is 0 Å². The van der Waals surface area contributed by atoms with Crippen molar-refractivity contribution in [2.24, 2.45) is 0 Å². The first-order valence-electron chi connectivity index (χ1n) is 4.55. The summed E-state index contributed by atoms with van der Waals surface area (Å²) in [4.78, 5) is 2.13. The molecule has 2 heteroatoms. The molecule has 0 saturated heterocycles. The van der Waals surface area contributed by atoms with Crippen LogP contribution in [0.15, 0.2) is 40.9 Å². The van der Waals surface area contributed by atoms with E-state index in [2.05, 4.69) is 71.3 Å². The highest BCUT2D eigenvalue weighted by Gasteiger charge is 2.06. The van der Waals surface area contributed by atoms with Crippen molar-refractivity contribution in [3.63, 3.8) is 0 Å². The van der Waals surface area contributed by atoms with E-state index in [4.69, 9.17) is 0 Å². The maximum absolute atomic E-state index is 3.58. The maximum Gasteiger partial charge on any atom is 0.0585 e. The van der Waals surface area contributed by atoms with Gasteiger partial charge in [0, 0.05) is 24.0 Å². The average molecular weight is 250 g/mol. The Bertz CT molecular complexity index is 463. The first-order valence-corrected chi connectivity index (χ1v) is 5.34. The van der Waals surface area contributed by atoms with Gasteiger partial charge in [0.2, 0.25) is 0 Å². The van der Waals surface area contributed by atoms with Crippen molar-refractivity contribution in [2.75, 3.05) is 19.0 Å². The predicted molar refractivity (Wildman–Crippen MR) is 66.0 cm³/mol. The molecule has 2 aromatic rings. The minimum atomic E-state index is 1.14. The molecule has 0 radical (unpaired) electrons. The van der Waals surface area contributed by atoms with Crippen molar-refractivity contribution >= 4 is 32.4 Å². The zero-order valence-corrected chi connectivity index (χ0v) is 9.88. The summed E-state index contributed by atoms with van der Waals surface area (Å²) in [7, 11) is 4.12. The van der Waals surface area contributed by atoms with Crippen LogP contribution >= 0.6 is 15.9 Å². The SMILES string of the molecule is CN(C)c1c(Br)ccc2ccccc12. The molecule has 0 aliphatic heterocycles. The third kappa shape index (κ3) is 1.50. The van der Waals surface area contributed by atoms with Gasteiger partial charge in [-0.1, -0.05) is 30.3 Å². The summed E-state index contributed by atoms with van der Waals surface area (Å²) in [6.45, 7) is 0. The van der Waals surface area contributed by atoms with E-state index in [-0.39, 0.29) is 0 Å². The van der Waals surface area contributed by atoms with Gasteiger partial charge in [-0.2, -0.15) is 0 Å². The second-order valence-electron chi connectivity index (χ2n) is 3.51. The van der Waals surface area contributed by atoms with Crippen LogP contribution in [0.3, 0.4) is 0 Å². The zero-order chi connectivity index (χ0) is 10.1. The lowest BCUT2D eigenvalue weighted by molar-refractivity contribution is 1.14. The Balaban J connectivity index is 2.83. The smallest absolute Gasteiger partial charge is 0.0585 e. The Labute approximate surface area is 92.5 Å². The van der Waals surface area contributed by atoms with Crippen molar-refractivity contribution in [3.05, 3.63) is 40.9 Å². The maximum atomic E-state index is 3.58. The number of benzene rings is 2. The van der Waals surface area contributed by atoms with Crippen molar-refractivity contribution in [3.8, 4) is 0 Å². The van der Waals surface area contributed by atoms with Crippen LogP contribution in [0.2, 0.25) is 0 Å². The summed E-state index contributed by atoms with van der Waals surface area (Å²) in [5, 5.41) is 2.56. The van der Waals surface area contributed by atoms with Crippen LogP contribution in [-0.2, 0) is 0 Å². The number of halogens is 1. The topological polar surface area (TPSA) is 3.24 Å². The second-order valence-corrected chi connectivity index (χ2v) is 4.37. The molecule has 0 atom stereocenters. The van der Waals surface area contributed by atoms with E-state index in [0.717, 1.165) is 4.47 Å². The highest BCUT2D eigenvalue weighted by atomic mass is 79.9. The number of hydrogen-bond donors (Lipinski definition) is 0. The van der Waals surface area contributed by atoms with Crippen molar-refractivity contribution in [1.82, 2.24) is 0 Å². The quantitative estimate of drug-likeness (QED) is 0.746. The first kappa shape index (κ1) is 9.53. The van der Waals surface area contributed by atoms with Crippen LogP contribution in [0.25, 0.3) is 10.8 Å². The van der Waals surface area contributed by atoms with Crippen LogP contribution in [0.4, 0.5) is 5.69 Å². The summed E-state index contributed by atoms with van der Waals surface area (Å²) in [5.41, 5.74) is 1.24. The lowest BCUT2D eigenvalue weighted by atomic mass is 10.1. The number of nitrogens with zero attached hydrogens (tertiary/aromatic N) is 1. The summed E-state index contributed by atoms with van der Waals surface area (Å²) < 4.78 is 1.14. The lowest BCUT2D eigenvalue weighted by Gasteiger charge is -2.17. The molecule has 0 spiro atoms. The Kier molecular flexibility index (Phi) is 2.46. The highest BCUT2D eigenvalue weighted by Crippen LogP contribution is 2.32. The molecule has 0 aliphatic rings. The lowest BCUT2D eigenvalue weighted by Crippen LogP contribution is -2.09. The second kappa shape index (κ2) is 3.62. The largest absolute Gasteiger partial charge is 0.376 e. The van der Waals surface area contributed by atoms with Gasteiger partial charge in [-0.05, 0) is 27.4 Å². The standard InChI is InChI=1S/C12H12BrN/c1-14(2)12-10-6-4-3-5-9(10)7-8-11(12)13/h3-8H,1-2H3. The fourth-order valence-corrected chi connectivity index (χ4v) is 2.38. The van der Waals surface area contributed by atoms with Crippen LogP contribution in [0.1, 0.15) is 0 Å². The number of hydrogen-bond acceptors (Lipinski definition) is 1. The summed E-state index contributed by atoms with van der Waals surface area (Å²) >= 11 is 3.58.